The number of halogens is 1. The standard InChI is InChI=1S/C18H14FN5O/c19-11-4-1-5-12(10-11)20-17-13-6-2-7-14(13)21-18-22-16(23-24(17)18)15-8-3-9-25-15/h1,3-5,8-10,20H,2,6-7H2. The maximum atomic E-state index is 13.5. The van der Waals surface area contributed by atoms with Crippen molar-refractivity contribution in [3.8, 4) is 11.6 Å². The topological polar surface area (TPSA) is 68.2 Å². The summed E-state index contributed by atoms with van der Waals surface area (Å²) in [7, 11) is 0. The van der Waals surface area contributed by atoms with Crippen LogP contribution in [0.4, 0.5) is 15.9 Å². The van der Waals surface area contributed by atoms with E-state index in [9.17, 15) is 4.39 Å². The molecular weight excluding hydrogens is 321 g/mol. The van der Waals surface area contributed by atoms with Crippen molar-refractivity contribution in [3.63, 3.8) is 0 Å². The third-order valence-corrected chi connectivity index (χ3v) is 4.34. The molecule has 0 amide bonds. The zero-order chi connectivity index (χ0) is 16.8. The maximum Gasteiger partial charge on any atom is 0.255 e. The van der Waals surface area contributed by atoms with Gasteiger partial charge in [0.2, 0.25) is 5.82 Å². The van der Waals surface area contributed by atoms with E-state index in [1.165, 1.54) is 12.1 Å². The molecule has 0 saturated carbocycles. The first-order chi connectivity index (χ1) is 12.3. The number of hydrogen-bond donors (Lipinski definition) is 1. The molecule has 5 rings (SSSR count). The van der Waals surface area contributed by atoms with Crippen LogP contribution in [-0.2, 0) is 12.8 Å². The average Bonchev–Trinajstić information content (AvgIpc) is 3.34. The SMILES string of the molecule is Fc1cccc(Nc2c3c(nc4nc(-c5ccco5)nn24)CCC3)c1. The summed E-state index contributed by atoms with van der Waals surface area (Å²) in [6, 6.07) is 9.97. The summed E-state index contributed by atoms with van der Waals surface area (Å²) in [6.45, 7) is 0. The monoisotopic (exact) mass is 335 g/mol. The number of anilines is 2. The van der Waals surface area contributed by atoms with Gasteiger partial charge in [-0.05, 0) is 49.6 Å². The van der Waals surface area contributed by atoms with Crippen molar-refractivity contribution >= 4 is 17.3 Å². The lowest BCUT2D eigenvalue weighted by molar-refractivity contribution is 0.577. The first-order valence-electron chi connectivity index (χ1n) is 8.13. The third-order valence-electron chi connectivity index (χ3n) is 4.34. The fourth-order valence-electron chi connectivity index (χ4n) is 3.22. The molecule has 124 valence electrons. The summed E-state index contributed by atoms with van der Waals surface area (Å²) in [4.78, 5) is 9.13. The number of hydrogen-bond acceptors (Lipinski definition) is 5. The van der Waals surface area contributed by atoms with Crippen molar-refractivity contribution in [3.05, 3.63) is 59.7 Å². The van der Waals surface area contributed by atoms with Gasteiger partial charge in [0.15, 0.2) is 5.76 Å². The van der Waals surface area contributed by atoms with Gasteiger partial charge in [-0.1, -0.05) is 6.07 Å². The molecule has 1 aromatic carbocycles. The van der Waals surface area contributed by atoms with E-state index in [0.717, 1.165) is 36.3 Å². The molecule has 4 aromatic rings. The summed E-state index contributed by atoms with van der Waals surface area (Å²) < 4.78 is 20.6. The molecule has 1 aliphatic carbocycles. The predicted octanol–water partition coefficient (Wildman–Crippen LogP) is 3.76. The Kier molecular flexibility index (Phi) is 3.06. The van der Waals surface area contributed by atoms with E-state index in [2.05, 4.69) is 20.4 Å². The second-order valence-corrected chi connectivity index (χ2v) is 6.00. The number of fused-ring (bicyclic) bond motifs is 2. The minimum atomic E-state index is -0.290. The molecule has 0 radical (unpaired) electrons. The van der Waals surface area contributed by atoms with Gasteiger partial charge in [0.05, 0.1) is 12.0 Å². The van der Waals surface area contributed by atoms with Gasteiger partial charge in [-0.15, -0.1) is 5.10 Å². The molecule has 0 bridgehead atoms. The van der Waals surface area contributed by atoms with E-state index >= 15 is 0 Å². The number of nitrogens with zero attached hydrogens (tertiary/aromatic N) is 4. The van der Waals surface area contributed by atoms with Crippen molar-refractivity contribution in [2.75, 3.05) is 5.32 Å². The number of aromatic nitrogens is 4. The van der Waals surface area contributed by atoms with Crippen LogP contribution in [0, 0.1) is 5.82 Å². The van der Waals surface area contributed by atoms with E-state index < -0.39 is 0 Å². The minimum Gasteiger partial charge on any atom is -0.461 e. The van der Waals surface area contributed by atoms with E-state index in [-0.39, 0.29) is 5.82 Å². The van der Waals surface area contributed by atoms with Crippen molar-refractivity contribution in [1.82, 2.24) is 19.6 Å². The van der Waals surface area contributed by atoms with E-state index in [1.807, 2.05) is 12.1 Å². The van der Waals surface area contributed by atoms with Crippen LogP contribution < -0.4 is 5.32 Å². The molecule has 7 heteroatoms. The Bertz CT molecular complexity index is 1070. The van der Waals surface area contributed by atoms with Crippen molar-refractivity contribution in [2.24, 2.45) is 0 Å². The van der Waals surface area contributed by atoms with Crippen LogP contribution in [0.15, 0.2) is 47.1 Å². The fraction of sp³-hybridized carbons (Fsp3) is 0.167. The smallest absolute Gasteiger partial charge is 0.255 e. The summed E-state index contributed by atoms with van der Waals surface area (Å²) in [6.07, 6.45) is 4.44. The fourth-order valence-corrected chi connectivity index (χ4v) is 3.22. The number of nitrogens with one attached hydrogen (secondary N) is 1. The summed E-state index contributed by atoms with van der Waals surface area (Å²) >= 11 is 0. The highest BCUT2D eigenvalue weighted by Crippen LogP contribution is 2.31. The van der Waals surface area contributed by atoms with Crippen molar-refractivity contribution < 1.29 is 8.81 Å². The molecule has 0 unspecified atom stereocenters. The highest BCUT2D eigenvalue weighted by molar-refractivity contribution is 5.65. The van der Waals surface area contributed by atoms with Crippen LogP contribution in [0.2, 0.25) is 0 Å². The summed E-state index contributed by atoms with van der Waals surface area (Å²) in [5.74, 6) is 2.06. The molecule has 3 aromatic heterocycles. The highest BCUT2D eigenvalue weighted by Gasteiger charge is 2.23. The zero-order valence-electron chi connectivity index (χ0n) is 13.2. The van der Waals surface area contributed by atoms with Gasteiger partial charge < -0.3 is 9.73 Å². The van der Waals surface area contributed by atoms with E-state index in [4.69, 9.17) is 4.42 Å². The van der Waals surface area contributed by atoms with E-state index in [0.29, 0.717) is 23.0 Å². The van der Waals surface area contributed by atoms with Gasteiger partial charge in [-0.2, -0.15) is 9.50 Å². The second-order valence-electron chi connectivity index (χ2n) is 6.00. The Balaban J connectivity index is 1.69. The largest absolute Gasteiger partial charge is 0.461 e. The van der Waals surface area contributed by atoms with E-state index in [1.54, 1.807) is 22.9 Å². The number of aryl methyl sites for hydroxylation is 1. The van der Waals surface area contributed by atoms with Crippen LogP contribution in [-0.4, -0.2) is 19.6 Å². The van der Waals surface area contributed by atoms with Gasteiger partial charge >= 0.3 is 0 Å². The molecular formula is C18H14FN5O. The van der Waals surface area contributed by atoms with Gasteiger partial charge in [0.1, 0.15) is 11.6 Å². The maximum absolute atomic E-state index is 13.5. The molecule has 0 spiro atoms. The highest BCUT2D eigenvalue weighted by atomic mass is 19.1. The molecule has 1 N–H and O–H groups in total. The molecule has 0 aliphatic heterocycles. The Morgan fingerprint density at radius 2 is 2.08 bits per heavy atom. The normalized spacial score (nSPS) is 13.3. The average molecular weight is 335 g/mol. The molecule has 1 aliphatic rings. The van der Waals surface area contributed by atoms with Crippen LogP contribution in [0.3, 0.4) is 0 Å². The second kappa shape index (κ2) is 5.41. The molecule has 0 fully saturated rings. The number of furan rings is 1. The van der Waals surface area contributed by atoms with Crippen LogP contribution in [0.1, 0.15) is 17.7 Å². The lowest BCUT2D eigenvalue weighted by Gasteiger charge is -2.12. The lowest BCUT2D eigenvalue weighted by atomic mass is 10.2. The van der Waals surface area contributed by atoms with Crippen LogP contribution in [0.25, 0.3) is 17.4 Å². The summed E-state index contributed by atoms with van der Waals surface area (Å²) in [5.41, 5.74) is 2.79. The third kappa shape index (κ3) is 2.36. The first kappa shape index (κ1) is 14.2. The minimum absolute atomic E-state index is 0.290. The Hall–Kier alpha value is -3.22. The quantitative estimate of drug-likeness (QED) is 0.617. The number of benzene rings is 1. The van der Waals surface area contributed by atoms with Gasteiger partial charge in [-0.3, -0.25) is 0 Å². The lowest BCUT2D eigenvalue weighted by Crippen LogP contribution is -2.07. The molecule has 0 atom stereocenters. The summed E-state index contributed by atoms with van der Waals surface area (Å²) in [5, 5.41) is 7.84. The van der Waals surface area contributed by atoms with Gasteiger partial charge in [0, 0.05) is 11.3 Å². The van der Waals surface area contributed by atoms with Gasteiger partial charge in [0.25, 0.3) is 5.78 Å². The predicted molar refractivity (Wildman–Crippen MR) is 90.2 cm³/mol. The van der Waals surface area contributed by atoms with Crippen LogP contribution >= 0.6 is 0 Å². The van der Waals surface area contributed by atoms with Gasteiger partial charge in [-0.25, -0.2) is 9.37 Å². The molecule has 0 saturated heterocycles. The Morgan fingerprint density at radius 1 is 1.12 bits per heavy atom. The Morgan fingerprint density at radius 3 is 2.92 bits per heavy atom. The molecule has 25 heavy (non-hydrogen) atoms. The molecule has 3 heterocycles. The molecule has 6 nitrogen and oxygen atoms in total. The Labute approximate surface area is 142 Å². The number of rotatable bonds is 3. The van der Waals surface area contributed by atoms with Crippen molar-refractivity contribution in [2.45, 2.75) is 19.3 Å². The van der Waals surface area contributed by atoms with Crippen LogP contribution in [0.5, 0.6) is 0 Å². The zero-order valence-corrected chi connectivity index (χ0v) is 13.2. The van der Waals surface area contributed by atoms with Crippen molar-refractivity contribution in [1.29, 1.82) is 0 Å². The first-order valence-corrected chi connectivity index (χ1v) is 8.13.